The monoisotopic (exact) mass is 600 g/mol. The predicted molar refractivity (Wildman–Crippen MR) is 169 cm³/mol. The Morgan fingerprint density at radius 1 is 0.386 bits per heavy atom. The molecule has 0 aliphatic rings. The van der Waals surface area contributed by atoms with E-state index in [0.717, 1.165) is 22.3 Å². The van der Waals surface area contributed by atoms with Crippen LogP contribution < -0.4 is 18.9 Å². The Hall–Kier alpha value is -6.04. The molecular formula is C32H32N4O8. The van der Waals surface area contributed by atoms with E-state index in [2.05, 4.69) is 20.4 Å². The first-order chi connectivity index (χ1) is 21.3. The summed E-state index contributed by atoms with van der Waals surface area (Å²) in [5.74, 6) is 1.76. The van der Waals surface area contributed by atoms with Crippen LogP contribution in [0.1, 0.15) is 22.3 Å². The molecule has 0 aliphatic heterocycles. The first kappa shape index (κ1) is 32.5. The molecule has 0 bridgehead atoms. The molecule has 0 saturated carbocycles. The third-order valence-electron chi connectivity index (χ3n) is 5.78. The lowest BCUT2D eigenvalue weighted by molar-refractivity contribution is 0.373. The molecule has 12 nitrogen and oxygen atoms in total. The van der Waals surface area contributed by atoms with Crippen molar-refractivity contribution >= 4 is 24.9 Å². The zero-order chi connectivity index (χ0) is 31.9. The summed E-state index contributed by atoms with van der Waals surface area (Å²) < 4.78 is 20.0. The van der Waals surface area contributed by atoms with Crippen molar-refractivity contribution in [1.82, 2.24) is 0 Å². The Balaban J connectivity index is 0.000000240. The molecule has 0 spiro atoms. The van der Waals surface area contributed by atoms with Gasteiger partial charge in [-0.05, 0) is 95.1 Å². The average molecular weight is 601 g/mol. The van der Waals surface area contributed by atoms with Crippen molar-refractivity contribution in [1.29, 1.82) is 0 Å². The van der Waals surface area contributed by atoms with Crippen molar-refractivity contribution in [2.24, 2.45) is 20.4 Å². The van der Waals surface area contributed by atoms with Crippen molar-refractivity contribution in [2.45, 2.75) is 0 Å². The number of aromatic hydroxyl groups is 4. The van der Waals surface area contributed by atoms with Crippen LogP contribution in [0.4, 0.5) is 0 Å². The molecule has 4 N–H and O–H groups in total. The molecular weight excluding hydrogens is 568 g/mol. The maximum absolute atomic E-state index is 9.50. The van der Waals surface area contributed by atoms with Gasteiger partial charge in [0, 0.05) is 0 Å². The van der Waals surface area contributed by atoms with Gasteiger partial charge in [0.1, 0.15) is 0 Å². The van der Waals surface area contributed by atoms with E-state index in [9.17, 15) is 20.4 Å². The lowest BCUT2D eigenvalue weighted by Crippen LogP contribution is -1.88. The minimum Gasteiger partial charge on any atom is -0.504 e. The second-order valence-corrected chi connectivity index (χ2v) is 8.70. The lowest BCUT2D eigenvalue weighted by atomic mass is 10.2. The van der Waals surface area contributed by atoms with Gasteiger partial charge >= 0.3 is 0 Å². The first-order valence-corrected chi connectivity index (χ1v) is 12.9. The molecule has 0 atom stereocenters. The molecule has 4 aromatic carbocycles. The third-order valence-corrected chi connectivity index (χ3v) is 5.78. The normalized spacial score (nSPS) is 11.2. The number of ether oxygens (including phenoxy) is 4. The van der Waals surface area contributed by atoms with Gasteiger partial charge in [-0.2, -0.15) is 20.4 Å². The van der Waals surface area contributed by atoms with Gasteiger partial charge in [-0.1, -0.05) is 0 Å². The summed E-state index contributed by atoms with van der Waals surface area (Å²) in [4.78, 5) is 0. The average Bonchev–Trinajstić information content (AvgIpc) is 3.04. The van der Waals surface area contributed by atoms with E-state index < -0.39 is 0 Å². The van der Waals surface area contributed by atoms with Crippen molar-refractivity contribution < 1.29 is 39.4 Å². The summed E-state index contributed by atoms with van der Waals surface area (Å²) in [5.41, 5.74) is 2.98. The molecule has 0 fully saturated rings. The Morgan fingerprint density at radius 3 is 0.773 bits per heavy atom. The number of hydrogen-bond acceptors (Lipinski definition) is 12. The molecule has 228 valence electrons. The van der Waals surface area contributed by atoms with Crippen molar-refractivity contribution in [3.8, 4) is 46.0 Å². The summed E-state index contributed by atoms with van der Waals surface area (Å²) in [6.45, 7) is 0. The maximum Gasteiger partial charge on any atom is 0.161 e. The highest BCUT2D eigenvalue weighted by Gasteiger charge is 2.03. The number of hydrogen-bond donors (Lipinski definition) is 4. The molecule has 12 heteroatoms. The molecule has 0 unspecified atom stereocenters. The van der Waals surface area contributed by atoms with Crippen molar-refractivity contribution in [3.05, 3.63) is 95.1 Å². The standard InChI is InChI=1S/2C16H16N2O4/c2*1-21-15-7-11(3-5-13(15)19)9-17-18-10-12-4-6-14(20)16(8-12)22-2/h2*3-10,19-20H,1-2H3/b2*17-9+,18-10+. The van der Waals surface area contributed by atoms with Gasteiger partial charge in [0.15, 0.2) is 46.0 Å². The summed E-state index contributed by atoms with van der Waals surface area (Å²) >= 11 is 0. The van der Waals surface area contributed by atoms with Crippen LogP contribution in [0, 0.1) is 0 Å². The van der Waals surface area contributed by atoms with Crippen LogP contribution >= 0.6 is 0 Å². The summed E-state index contributed by atoms with van der Waals surface area (Å²) in [7, 11) is 5.91. The number of benzene rings is 4. The second kappa shape index (κ2) is 16.4. The Morgan fingerprint density at radius 2 is 0.591 bits per heavy atom. The SMILES string of the molecule is COc1cc(/C=N/N=C/c2ccc(O)c(OC)c2)ccc1O.COc1cc(/C=N/N=C/c2ccc(O)c(OC)c2)ccc1O. The fourth-order valence-electron chi connectivity index (χ4n) is 3.50. The Kier molecular flexibility index (Phi) is 12.1. The highest BCUT2D eigenvalue weighted by molar-refractivity contribution is 5.85. The fourth-order valence-corrected chi connectivity index (χ4v) is 3.50. The van der Waals surface area contributed by atoms with E-state index in [0.29, 0.717) is 23.0 Å². The van der Waals surface area contributed by atoms with E-state index in [4.69, 9.17) is 18.9 Å². The minimum absolute atomic E-state index is 0.0688. The predicted octanol–water partition coefficient (Wildman–Crippen LogP) is 5.14. The van der Waals surface area contributed by atoms with Crippen LogP contribution in [0.3, 0.4) is 0 Å². The van der Waals surface area contributed by atoms with E-state index in [1.165, 1.54) is 77.6 Å². The Bertz CT molecular complexity index is 1420. The zero-order valence-electron chi connectivity index (χ0n) is 24.4. The van der Waals surface area contributed by atoms with Crippen molar-refractivity contribution in [3.63, 3.8) is 0 Å². The van der Waals surface area contributed by atoms with Gasteiger partial charge in [-0.25, -0.2) is 0 Å². The van der Waals surface area contributed by atoms with Gasteiger partial charge in [0.05, 0.1) is 53.3 Å². The molecule has 0 radical (unpaired) electrons. The van der Waals surface area contributed by atoms with Gasteiger partial charge in [-0.3, -0.25) is 0 Å². The van der Waals surface area contributed by atoms with Crippen LogP contribution in [-0.4, -0.2) is 73.7 Å². The molecule has 0 heterocycles. The summed E-state index contributed by atoms with van der Waals surface area (Å²) in [6, 6.07) is 19.5. The second-order valence-electron chi connectivity index (χ2n) is 8.70. The van der Waals surface area contributed by atoms with Crippen LogP contribution in [-0.2, 0) is 0 Å². The van der Waals surface area contributed by atoms with Crippen LogP contribution in [0.5, 0.6) is 46.0 Å². The van der Waals surface area contributed by atoms with Crippen LogP contribution in [0.15, 0.2) is 93.2 Å². The highest BCUT2D eigenvalue weighted by Crippen LogP contribution is 2.28. The van der Waals surface area contributed by atoms with Crippen LogP contribution in [0.25, 0.3) is 0 Å². The zero-order valence-corrected chi connectivity index (χ0v) is 24.4. The molecule has 0 aliphatic carbocycles. The van der Waals surface area contributed by atoms with Crippen LogP contribution in [0.2, 0.25) is 0 Å². The molecule has 44 heavy (non-hydrogen) atoms. The minimum atomic E-state index is 0.0688. The number of nitrogens with zero attached hydrogens (tertiary/aromatic N) is 4. The molecule has 4 aromatic rings. The van der Waals surface area contributed by atoms with E-state index >= 15 is 0 Å². The number of rotatable bonds is 10. The van der Waals surface area contributed by atoms with Gasteiger partial charge in [-0.15, -0.1) is 0 Å². The highest BCUT2D eigenvalue weighted by atomic mass is 16.5. The molecule has 0 saturated heterocycles. The lowest BCUT2D eigenvalue weighted by Gasteiger charge is -2.03. The molecule has 4 rings (SSSR count). The topological polar surface area (TPSA) is 167 Å². The van der Waals surface area contributed by atoms with Gasteiger partial charge in [0.25, 0.3) is 0 Å². The number of phenolic OH excluding ortho intramolecular Hbond substituents is 4. The summed E-state index contributed by atoms with van der Waals surface area (Å²) in [5, 5.41) is 53.7. The maximum atomic E-state index is 9.50. The quantitative estimate of drug-likeness (QED) is 0.143. The van der Waals surface area contributed by atoms with Gasteiger partial charge in [0.2, 0.25) is 0 Å². The largest absolute Gasteiger partial charge is 0.504 e. The van der Waals surface area contributed by atoms with Gasteiger partial charge < -0.3 is 39.4 Å². The Labute approximate surface area is 254 Å². The number of methoxy groups -OCH3 is 4. The number of phenols is 4. The fraction of sp³-hybridized carbons (Fsp3) is 0.125. The smallest absolute Gasteiger partial charge is 0.161 e. The van der Waals surface area contributed by atoms with E-state index in [1.54, 1.807) is 48.5 Å². The van der Waals surface area contributed by atoms with E-state index in [-0.39, 0.29) is 23.0 Å². The first-order valence-electron chi connectivity index (χ1n) is 12.9. The van der Waals surface area contributed by atoms with E-state index in [1.807, 2.05) is 0 Å². The van der Waals surface area contributed by atoms with Crippen molar-refractivity contribution in [2.75, 3.05) is 28.4 Å². The molecule has 0 aromatic heterocycles. The molecule has 0 amide bonds. The summed E-state index contributed by atoms with van der Waals surface area (Å²) in [6.07, 6.45) is 6.15. The third kappa shape index (κ3) is 9.52.